The first-order valence-corrected chi connectivity index (χ1v) is 3.67. The maximum absolute atomic E-state index is 10.7. The second-order valence-electron chi connectivity index (χ2n) is 2.56. The first kappa shape index (κ1) is 10.4. The van der Waals surface area contributed by atoms with E-state index >= 15 is 0 Å². The molecule has 0 unspecified atom stereocenters. The van der Waals surface area contributed by atoms with Crippen LogP contribution in [0.15, 0.2) is 0 Å². The molecule has 66 valence electrons. The summed E-state index contributed by atoms with van der Waals surface area (Å²) in [5.74, 6) is -0.214. The molecule has 0 bridgehead atoms. The Labute approximate surface area is 67.3 Å². The topological polar surface area (TPSA) is 55.6 Å². The summed E-state index contributed by atoms with van der Waals surface area (Å²) < 4.78 is 4.83. The van der Waals surface area contributed by atoms with Crippen LogP contribution in [0.3, 0.4) is 0 Å². The zero-order valence-electron chi connectivity index (χ0n) is 7.17. The molecular weight excluding hydrogens is 144 g/mol. The van der Waals surface area contributed by atoms with Crippen LogP contribution in [-0.2, 0) is 9.53 Å². The van der Waals surface area contributed by atoms with Gasteiger partial charge in [-0.2, -0.15) is 0 Å². The molecule has 0 aromatic carbocycles. The van der Waals surface area contributed by atoms with E-state index in [1.54, 1.807) is 0 Å². The number of likely N-dealkylation sites (N-methyl/N-ethyl adjacent to an activating group) is 1. The summed E-state index contributed by atoms with van der Waals surface area (Å²) in [5.41, 5.74) is 5.15. The molecule has 0 aromatic heterocycles. The number of ether oxygens (including phenoxy) is 1. The van der Waals surface area contributed by atoms with Crippen molar-refractivity contribution in [3.63, 3.8) is 0 Å². The number of nitrogens with two attached hydrogens (primary N) is 1. The molecule has 0 fully saturated rings. The molecule has 0 aromatic rings. The lowest BCUT2D eigenvalue weighted by Crippen LogP contribution is -2.21. The number of esters is 1. The fourth-order valence-corrected chi connectivity index (χ4v) is 0.532. The van der Waals surface area contributed by atoms with Gasteiger partial charge < -0.3 is 15.4 Å². The Morgan fingerprint density at radius 2 is 2.18 bits per heavy atom. The highest BCUT2D eigenvalue weighted by Gasteiger charge is 1.99. The molecule has 0 rings (SSSR count). The van der Waals surface area contributed by atoms with Gasteiger partial charge in [-0.1, -0.05) is 0 Å². The Bertz CT molecular complexity index is 115. The van der Waals surface area contributed by atoms with Gasteiger partial charge in [-0.05, 0) is 14.1 Å². The van der Waals surface area contributed by atoms with Crippen molar-refractivity contribution in [3.05, 3.63) is 0 Å². The monoisotopic (exact) mass is 160 g/mol. The van der Waals surface area contributed by atoms with Gasteiger partial charge in [-0.25, -0.2) is 0 Å². The highest BCUT2D eigenvalue weighted by molar-refractivity contribution is 5.69. The van der Waals surface area contributed by atoms with Gasteiger partial charge in [0.2, 0.25) is 0 Å². The summed E-state index contributed by atoms with van der Waals surface area (Å²) >= 11 is 0. The van der Waals surface area contributed by atoms with Crippen LogP contribution in [0.2, 0.25) is 0 Å². The van der Waals surface area contributed by atoms with Gasteiger partial charge in [-0.3, -0.25) is 4.79 Å². The van der Waals surface area contributed by atoms with Crippen molar-refractivity contribution in [2.45, 2.75) is 6.42 Å². The first-order valence-electron chi connectivity index (χ1n) is 3.67. The van der Waals surface area contributed by atoms with E-state index in [2.05, 4.69) is 0 Å². The summed E-state index contributed by atoms with van der Waals surface area (Å²) in [7, 11) is 3.85. The third kappa shape index (κ3) is 7.29. The summed E-state index contributed by atoms with van der Waals surface area (Å²) in [4.78, 5) is 12.7. The lowest BCUT2D eigenvalue weighted by atomic mass is 10.4. The SMILES string of the molecule is CN(C)CCOC(=O)CCN. The van der Waals surface area contributed by atoms with Crippen molar-refractivity contribution < 1.29 is 9.53 Å². The van der Waals surface area contributed by atoms with E-state index in [0.29, 0.717) is 19.6 Å². The molecule has 4 heteroatoms. The molecule has 0 amide bonds. The molecule has 0 heterocycles. The highest BCUT2D eigenvalue weighted by Crippen LogP contribution is 1.84. The first-order chi connectivity index (χ1) is 5.16. The minimum Gasteiger partial charge on any atom is -0.464 e. The maximum atomic E-state index is 10.7. The zero-order valence-corrected chi connectivity index (χ0v) is 7.17. The standard InChI is InChI=1S/C7H16N2O2/c1-9(2)5-6-11-7(10)3-4-8/h3-6,8H2,1-2H3. The fourth-order valence-electron chi connectivity index (χ4n) is 0.532. The molecule has 0 aliphatic carbocycles. The Kier molecular flexibility index (Phi) is 5.78. The molecule has 4 nitrogen and oxygen atoms in total. The second-order valence-corrected chi connectivity index (χ2v) is 2.56. The lowest BCUT2D eigenvalue weighted by molar-refractivity contribution is -0.143. The molecule has 2 N–H and O–H groups in total. The summed E-state index contributed by atoms with van der Waals surface area (Å²) in [5, 5.41) is 0. The fraction of sp³-hybridized carbons (Fsp3) is 0.857. The number of hydrogen-bond acceptors (Lipinski definition) is 4. The van der Waals surface area contributed by atoms with Gasteiger partial charge in [0.1, 0.15) is 6.61 Å². The number of carbonyl (C=O) groups excluding carboxylic acids is 1. The third-order valence-corrected chi connectivity index (χ3v) is 1.15. The van der Waals surface area contributed by atoms with Gasteiger partial charge in [0.05, 0.1) is 6.42 Å². The number of hydrogen-bond donors (Lipinski definition) is 1. The van der Waals surface area contributed by atoms with E-state index in [9.17, 15) is 4.79 Å². The average molecular weight is 160 g/mol. The van der Waals surface area contributed by atoms with E-state index in [-0.39, 0.29) is 5.97 Å². The van der Waals surface area contributed by atoms with Crippen LogP contribution >= 0.6 is 0 Å². The number of rotatable bonds is 5. The highest BCUT2D eigenvalue weighted by atomic mass is 16.5. The van der Waals surface area contributed by atoms with E-state index in [4.69, 9.17) is 10.5 Å². The van der Waals surface area contributed by atoms with Crippen molar-refractivity contribution >= 4 is 5.97 Å². The molecule has 0 atom stereocenters. The predicted octanol–water partition coefficient (Wildman–Crippen LogP) is -0.560. The smallest absolute Gasteiger partial charge is 0.307 e. The zero-order chi connectivity index (χ0) is 8.69. The molecular formula is C7H16N2O2. The molecule has 0 aliphatic rings. The van der Waals surface area contributed by atoms with Crippen molar-refractivity contribution in [1.29, 1.82) is 0 Å². The van der Waals surface area contributed by atoms with Crippen LogP contribution in [0, 0.1) is 0 Å². The van der Waals surface area contributed by atoms with E-state index in [1.165, 1.54) is 0 Å². The Morgan fingerprint density at radius 1 is 1.55 bits per heavy atom. The average Bonchev–Trinajstić information content (AvgIpc) is 1.87. The minimum absolute atomic E-state index is 0.214. The van der Waals surface area contributed by atoms with Crippen molar-refractivity contribution in [3.8, 4) is 0 Å². The molecule has 0 saturated heterocycles. The summed E-state index contributed by atoms with van der Waals surface area (Å²) in [6, 6.07) is 0. The molecule has 0 radical (unpaired) electrons. The van der Waals surface area contributed by atoms with E-state index in [1.807, 2.05) is 19.0 Å². The Balaban J connectivity index is 3.17. The normalized spacial score (nSPS) is 10.2. The van der Waals surface area contributed by atoms with Crippen LogP contribution in [0.5, 0.6) is 0 Å². The minimum atomic E-state index is -0.214. The molecule has 0 spiro atoms. The van der Waals surface area contributed by atoms with Gasteiger partial charge in [0.15, 0.2) is 0 Å². The van der Waals surface area contributed by atoms with Crippen molar-refractivity contribution in [2.75, 3.05) is 33.8 Å². The van der Waals surface area contributed by atoms with E-state index < -0.39 is 0 Å². The summed E-state index contributed by atoms with van der Waals surface area (Å²) in [6.45, 7) is 1.57. The molecule has 11 heavy (non-hydrogen) atoms. The van der Waals surface area contributed by atoms with Gasteiger partial charge in [0.25, 0.3) is 0 Å². The van der Waals surface area contributed by atoms with Crippen LogP contribution < -0.4 is 5.73 Å². The molecule has 0 aliphatic heterocycles. The van der Waals surface area contributed by atoms with Crippen molar-refractivity contribution in [1.82, 2.24) is 4.90 Å². The van der Waals surface area contributed by atoms with E-state index in [0.717, 1.165) is 6.54 Å². The largest absolute Gasteiger partial charge is 0.464 e. The predicted molar refractivity (Wildman–Crippen MR) is 43.2 cm³/mol. The quantitative estimate of drug-likeness (QED) is 0.548. The van der Waals surface area contributed by atoms with Crippen molar-refractivity contribution in [2.24, 2.45) is 5.73 Å². The van der Waals surface area contributed by atoms with Crippen LogP contribution in [0.25, 0.3) is 0 Å². The number of nitrogens with zero attached hydrogens (tertiary/aromatic N) is 1. The van der Waals surface area contributed by atoms with Gasteiger partial charge in [-0.15, -0.1) is 0 Å². The van der Waals surface area contributed by atoms with Gasteiger partial charge >= 0.3 is 5.97 Å². The van der Waals surface area contributed by atoms with Crippen LogP contribution in [0.4, 0.5) is 0 Å². The van der Waals surface area contributed by atoms with Crippen LogP contribution in [0.1, 0.15) is 6.42 Å². The van der Waals surface area contributed by atoms with Gasteiger partial charge in [0, 0.05) is 13.1 Å². The third-order valence-electron chi connectivity index (χ3n) is 1.15. The maximum Gasteiger partial charge on any atom is 0.307 e. The lowest BCUT2D eigenvalue weighted by Gasteiger charge is -2.09. The number of carbonyl (C=O) groups is 1. The Hall–Kier alpha value is -0.610. The second kappa shape index (κ2) is 6.12. The van der Waals surface area contributed by atoms with Crippen LogP contribution in [-0.4, -0.2) is 44.7 Å². The summed E-state index contributed by atoms with van der Waals surface area (Å²) in [6.07, 6.45) is 0.313. The Morgan fingerprint density at radius 3 is 2.64 bits per heavy atom. The molecule has 0 saturated carbocycles.